The summed E-state index contributed by atoms with van der Waals surface area (Å²) >= 11 is 0. The Morgan fingerprint density at radius 3 is 1.35 bits per heavy atom. The SMILES string of the molecule is O=C([N]C(=O)C1CCCCC1)C1CCCCC1. The van der Waals surface area contributed by atoms with Crippen molar-refractivity contribution in [1.29, 1.82) is 0 Å². The Morgan fingerprint density at radius 1 is 0.647 bits per heavy atom. The highest BCUT2D eigenvalue weighted by Crippen LogP contribution is 2.26. The molecule has 3 nitrogen and oxygen atoms in total. The zero-order chi connectivity index (χ0) is 12.1. The fourth-order valence-corrected chi connectivity index (χ4v) is 2.99. The van der Waals surface area contributed by atoms with Crippen LogP contribution in [0.4, 0.5) is 0 Å². The van der Waals surface area contributed by atoms with Crippen LogP contribution >= 0.6 is 0 Å². The van der Waals surface area contributed by atoms with Gasteiger partial charge < -0.3 is 0 Å². The van der Waals surface area contributed by atoms with Crippen molar-refractivity contribution in [3.63, 3.8) is 0 Å². The molecule has 0 unspecified atom stereocenters. The molecule has 2 amide bonds. The topological polar surface area (TPSA) is 48.2 Å². The van der Waals surface area contributed by atoms with Crippen LogP contribution in [0.25, 0.3) is 0 Å². The van der Waals surface area contributed by atoms with Crippen LogP contribution < -0.4 is 5.32 Å². The Balaban J connectivity index is 1.78. The molecule has 17 heavy (non-hydrogen) atoms. The van der Waals surface area contributed by atoms with Crippen LogP contribution in [0.1, 0.15) is 64.2 Å². The average Bonchev–Trinajstić information content (AvgIpc) is 2.40. The number of hydrogen-bond acceptors (Lipinski definition) is 2. The van der Waals surface area contributed by atoms with Crippen molar-refractivity contribution in [2.75, 3.05) is 0 Å². The number of rotatable bonds is 2. The van der Waals surface area contributed by atoms with E-state index in [0.29, 0.717) is 0 Å². The van der Waals surface area contributed by atoms with E-state index in [1.807, 2.05) is 0 Å². The minimum absolute atomic E-state index is 0.0382. The van der Waals surface area contributed by atoms with Crippen LogP contribution in [0.5, 0.6) is 0 Å². The number of nitrogens with zero attached hydrogens (tertiary/aromatic N) is 1. The van der Waals surface area contributed by atoms with E-state index in [1.165, 1.54) is 12.8 Å². The van der Waals surface area contributed by atoms with Gasteiger partial charge >= 0.3 is 0 Å². The van der Waals surface area contributed by atoms with Crippen LogP contribution in [0.2, 0.25) is 0 Å². The molecule has 0 spiro atoms. The van der Waals surface area contributed by atoms with E-state index in [-0.39, 0.29) is 23.7 Å². The first-order valence-electron chi connectivity index (χ1n) is 7.07. The zero-order valence-electron chi connectivity index (χ0n) is 10.5. The molecule has 0 N–H and O–H groups in total. The third-order valence-electron chi connectivity index (χ3n) is 4.13. The van der Waals surface area contributed by atoms with E-state index >= 15 is 0 Å². The van der Waals surface area contributed by atoms with Gasteiger partial charge in [-0.05, 0) is 25.7 Å². The summed E-state index contributed by atoms with van der Waals surface area (Å²) in [7, 11) is 0. The first kappa shape index (κ1) is 12.6. The van der Waals surface area contributed by atoms with Crippen LogP contribution in [-0.4, -0.2) is 11.8 Å². The second kappa shape index (κ2) is 6.18. The smallest absolute Gasteiger partial charge is 0.251 e. The number of carbonyl (C=O) groups is 2. The molecule has 2 fully saturated rings. The first-order valence-corrected chi connectivity index (χ1v) is 7.07. The molecule has 95 valence electrons. The van der Waals surface area contributed by atoms with Gasteiger partial charge in [0, 0.05) is 11.8 Å². The first-order chi connectivity index (χ1) is 8.27. The van der Waals surface area contributed by atoms with Gasteiger partial charge in [0.25, 0.3) is 11.8 Å². The predicted octanol–water partition coefficient (Wildman–Crippen LogP) is 2.80. The fraction of sp³-hybridized carbons (Fsp3) is 0.857. The second-order valence-corrected chi connectivity index (χ2v) is 5.46. The van der Waals surface area contributed by atoms with E-state index in [2.05, 4.69) is 5.32 Å². The van der Waals surface area contributed by atoms with Crippen molar-refractivity contribution in [3.8, 4) is 0 Å². The van der Waals surface area contributed by atoms with Gasteiger partial charge in [-0.2, -0.15) is 5.32 Å². The van der Waals surface area contributed by atoms with Crippen LogP contribution in [0.15, 0.2) is 0 Å². The summed E-state index contributed by atoms with van der Waals surface area (Å²) in [4.78, 5) is 23.7. The normalized spacial score (nSPS) is 23.3. The van der Waals surface area contributed by atoms with E-state index < -0.39 is 0 Å². The average molecular weight is 236 g/mol. The maximum atomic E-state index is 11.9. The molecule has 0 saturated heterocycles. The fourth-order valence-electron chi connectivity index (χ4n) is 2.99. The molecule has 0 aromatic rings. The molecule has 2 aliphatic rings. The van der Waals surface area contributed by atoms with Crippen molar-refractivity contribution in [3.05, 3.63) is 0 Å². The Bertz CT molecular complexity index is 248. The molecule has 2 saturated carbocycles. The van der Waals surface area contributed by atoms with Gasteiger partial charge in [-0.1, -0.05) is 38.5 Å². The largest absolute Gasteiger partial charge is 0.272 e. The lowest BCUT2D eigenvalue weighted by molar-refractivity contribution is -0.136. The molecule has 2 aliphatic carbocycles. The predicted molar refractivity (Wildman–Crippen MR) is 65.3 cm³/mol. The third-order valence-corrected chi connectivity index (χ3v) is 4.13. The lowest BCUT2D eigenvalue weighted by atomic mass is 9.87. The molecule has 0 aromatic heterocycles. The summed E-state index contributed by atoms with van der Waals surface area (Å²) in [5.74, 6) is -0.201. The van der Waals surface area contributed by atoms with Crippen molar-refractivity contribution < 1.29 is 9.59 Å². The Kier molecular flexibility index (Phi) is 4.57. The van der Waals surface area contributed by atoms with Crippen molar-refractivity contribution in [2.24, 2.45) is 11.8 Å². The number of hydrogen-bond donors (Lipinski definition) is 0. The summed E-state index contributed by atoms with van der Waals surface area (Å²) in [5.41, 5.74) is 0. The van der Waals surface area contributed by atoms with Crippen LogP contribution in [-0.2, 0) is 9.59 Å². The van der Waals surface area contributed by atoms with Gasteiger partial charge in [-0.15, -0.1) is 0 Å². The molecule has 0 bridgehead atoms. The Hall–Kier alpha value is -0.860. The molecule has 0 atom stereocenters. The second-order valence-electron chi connectivity index (χ2n) is 5.46. The highest BCUT2D eigenvalue weighted by atomic mass is 16.2. The van der Waals surface area contributed by atoms with Gasteiger partial charge in [-0.3, -0.25) is 9.59 Å². The zero-order valence-corrected chi connectivity index (χ0v) is 10.5. The number of amides is 2. The van der Waals surface area contributed by atoms with E-state index in [4.69, 9.17) is 0 Å². The van der Waals surface area contributed by atoms with E-state index in [0.717, 1.165) is 51.4 Å². The molecule has 2 rings (SSSR count). The molecule has 0 heterocycles. The lowest BCUT2D eigenvalue weighted by Gasteiger charge is -2.22. The summed E-state index contributed by atoms with van der Waals surface area (Å²) in [5, 5.41) is 3.85. The van der Waals surface area contributed by atoms with Crippen LogP contribution in [0, 0.1) is 11.8 Å². The summed E-state index contributed by atoms with van der Waals surface area (Å²) in [6.45, 7) is 0. The Labute approximate surface area is 103 Å². The molecular formula is C14H22NO2. The minimum Gasteiger partial charge on any atom is -0.272 e. The highest BCUT2D eigenvalue weighted by Gasteiger charge is 2.28. The molecule has 1 radical (unpaired) electrons. The van der Waals surface area contributed by atoms with E-state index in [9.17, 15) is 9.59 Å². The van der Waals surface area contributed by atoms with Gasteiger partial charge in [0.05, 0.1) is 0 Å². The summed E-state index contributed by atoms with van der Waals surface area (Å²) in [6.07, 6.45) is 10.6. The van der Waals surface area contributed by atoms with Gasteiger partial charge in [0.15, 0.2) is 0 Å². The standard InChI is InChI=1S/C14H22NO2/c16-13(11-7-3-1-4-8-11)15-14(17)12-9-5-2-6-10-12/h11-12H,1-10H2. The molecular weight excluding hydrogens is 214 g/mol. The van der Waals surface area contributed by atoms with Crippen LogP contribution in [0.3, 0.4) is 0 Å². The maximum absolute atomic E-state index is 11.9. The van der Waals surface area contributed by atoms with Gasteiger partial charge in [-0.25, -0.2) is 0 Å². The number of imide groups is 1. The van der Waals surface area contributed by atoms with Gasteiger partial charge in [0.1, 0.15) is 0 Å². The third kappa shape index (κ3) is 3.55. The quantitative estimate of drug-likeness (QED) is 0.692. The minimum atomic E-state index is -0.139. The van der Waals surface area contributed by atoms with Crippen molar-refractivity contribution >= 4 is 11.8 Å². The highest BCUT2D eigenvalue weighted by molar-refractivity contribution is 5.96. The monoisotopic (exact) mass is 236 g/mol. The molecule has 3 heteroatoms. The lowest BCUT2D eigenvalue weighted by Crippen LogP contribution is -2.35. The van der Waals surface area contributed by atoms with Gasteiger partial charge in [0.2, 0.25) is 0 Å². The molecule has 0 aliphatic heterocycles. The Morgan fingerprint density at radius 2 is 1.00 bits per heavy atom. The maximum Gasteiger partial charge on any atom is 0.251 e. The summed E-state index contributed by atoms with van der Waals surface area (Å²) in [6, 6.07) is 0. The number of carbonyl (C=O) groups excluding carboxylic acids is 2. The summed E-state index contributed by atoms with van der Waals surface area (Å²) < 4.78 is 0. The molecule has 0 aromatic carbocycles. The van der Waals surface area contributed by atoms with Crippen molar-refractivity contribution in [1.82, 2.24) is 5.32 Å². The van der Waals surface area contributed by atoms with Crippen molar-refractivity contribution in [2.45, 2.75) is 64.2 Å². The van der Waals surface area contributed by atoms with E-state index in [1.54, 1.807) is 0 Å².